The number of nitrogens with zero attached hydrogens (tertiary/aromatic N) is 5. The monoisotopic (exact) mass is 743 g/mol. The Kier molecular flexibility index (Phi) is 8.17. The minimum absolute atomic E-state index is 0.614. The van der Waals surface area contributed by atoms with Gasteiger partial charge in [0.25, 0.3) is 0 Å². The van der Waals surface area contributed by atoms with Crippen LogP contribution < -0.4 is 15.9 Å². The Balaban J connectivity index is 1.13. The molecule has 0 spiro atoms. The number of aromatic nitrogens is 5. The number of rotatable bonds is 7. The summed E-state index contributed by atoms with van der Waals surface area (Å²) in [4.78, 5) is 15.5. The van der Waals surface area contributed by atoms with Crippen molar-refractivity contribution in [1.82, 2.24) is 23.7 Å². The van der Waals surface area contributed by atoms with Crippen molar-refractivity contribution in [2.24, 2.45) is 0 Å². The molecule has 0 saturated heterocycles. The van der Waals surface area contributed by atoms with Crippen molar-refractivity contribution in [2.45, 2.75) is 0 Å². The van der Waals surface area contributed by atoms with Crippen LogP contribution in [0.1, 0.15) is 0 Å². The minimum Gasteiger partial charge on any atom is -0.309 e. The van der Waals surface area contributed by atoms with Gasteiger partial charge in [0.05, 0.1) is 34.3 Å². The van der Waals surface area contributed by atoms with Crippen molar-refractivity contribution >= 4 is 67.5 Å². The van der Waals surface area contributed by atoms with Crippen LogP contribution in [0.3, 0.4) is 0 Å². The van der Waals surface area contributed by atoms with Gasteiger partial charge < -0.3 is 4.57 Å². The van der Waals surface area contributed by atoms with Crippen molar-refractivity contribution in [2.75, 3.05) is 0 Å². The maximum absolute atomic E-state index is 15.1. The zero-order valence-electron chi connectivity index (χ0n) is 29.3. The lowest BCUT2D eigenvalue weighted by atomic mass is 9.97. The van der Waals surface area contributed by atoms with E-state index in [0.717, 1.165) is 88.0 Å². The van der Waals surface area contributed by atoms with E-state index in [4.69, 9.17) is 19.3 Å². The molecular weight excluding hydrogens is 714 g/mol. The number of hydrogen-bond donors (Lipinski definition) is 0. The molecule has 0 unspecified atom stereocenters. The van der Waals surface area contributed by atoms with Gasteiger partial charge >= 0.3 is 0 Å². The van der Waals surface area contributed by atoms with Gasteiger partial charge in [-0.25, -0.2) is 15.0 Å². The zero-order valence-corrected chi connectivity index (χ0v) is 31.0. The Hall–Kier alpha value is -6.66. The van der Waals surface area contributed by atoms with E-state index in [2.05, 4.69) is 40.8 Å². The summed E-state index contributed by atoms with van der Waals surface area (Å²) >= 11 is 1.22. The normalized spacial score (nSPS) is 11.7. The molecular formula is C47H30N5OPS. The Labute approximate surface area is 321 Å². The van der Waals surface area contributed by atoms with E-state index in [-0.39, 0.29) is 0 Å². The van der Waals surface area contributed by atoms with Crippen molar-refractivity contribution in [3.8, 4) is 45.2 Å². The second-order valence-electron chi connectivity index (χ2n) is 13.3. The average molecular weight is 744 g/mol. The molecule has 7 aromatic carbocycles. The zero-order chi connectivity index (χ0) is 36.8. The molecule has 0 N–H and O–H groups in total. The molecule has 0 amide bonds. The summed E-state index contributed by atoms with van der Waals surface area (Å²) in [7, 11) is -3.13. The van der Waals surface area contributed by atoms with E-state index < -0.39 is 7.14 Å². The van der Waals surface area contributed by atoms with Gasteiger partial charge in [-0.1, -0.05) is 158 Å². The van der Waals surface area contributed by atoms with Crippen LogP contribution >= 0.6 is 18.9 Å². The van der Waals surface area contributed by atoms with E-state index in [1.807, 2.05) is 146 Å². The predicted molar refractivity (Wildman–Crippen MR) is 227 cm³/mol. The molecule has 3 aromatic heterocycles. The number of hydrogen-bond acceptors (Lipinski definition) is 7. The van der Waals surface area contributed by atoms with Gasteiger partial charge in [-0.3, -0.25) is 0 Å². The van der Waals surface area contributed by atoms with Crippen LogP contribution in [0.25, 0.3) is 77.9 Å². The first kappa shape index (κ1) is 32.9. The maximum atomic E-state index is 15.1. The minimum atomic E-state index is -3.13. The molecule has 0 aliphatic carbocycles. The number of pyridine rings is 1. The van der Waals surface area contributed by atoms with Crippen molar-refractivity contribution in [3.05, 3.63) is 182 Å². The molecule has 0 bridgehead atoms. The van der Waals surface area contributed by atoms with Crippen LogP contribution in [0.15, 0.2) is 182 Å². The maximum Gasteiger partial charge on any atom is 0.171 e. The molecule has 8 heteroatoms. The SMILES string of the molecule is O=P(c1ccccc1)(c1ccccc1)c1ccc(-c2cc(-c3ccc4c(c3)nc(-c3ccccc3)c3ccc5nsnc5c34)nc(-c3ccccc3)n2)cc1. The van der Waals surface area contributed by atoms with Crippen LogP contribution in [0, 0.1) is 0 Å². The third-order valence-corrected chi connectivity index (χ3v) is 13.7. The molecule has 260 valence electrons. The van der Waals surface area contributed by atoms with Crippen LogP contribution in [-0.4, -0.2) is 23.7 Å². The van der Waals surface area contributed by atoms with Crippen LogP contribution in [0.4, 0.5) is 0 Å². The van der Waals surface area contributed by atoms with E-state index in [1.165, 1.54) is 11.7 Å². The second-order valence-corrected chi connectivity index (χ2v) is 16.6. The number of fused-ring (bicyclic) bond motifs is 5. The fraction of sp³-hybridized carbons (Fsp3) is 0. The topological polar surface area (TPSA) is 81.5 Å². The predicted octanol–water partition coefficient (Wildman–Crippen LogP) is 10.5. The third-order valence-electron chi connectivity index (χ3n) is 10.0. The molecule has 0 radical (unpaired) electrons. The first-order valence-electron chi connectivity index (χ1n) is 17.9. The molecule has 0 fully saturated rings. The van der Waals surface area contributed by atoms with Gasteiger partial charge in [-0.05, 0) is 24.3 Å². The van der Waals surface area contributed by atoms with Crippen molar-refractivity contribution < 1.29 is 4.57 Å². The van der Waals surface area contributed by atoms with Gasteiger partial charge in [-0.2, -0.15) is 8.75 Å². The average Bonchev–Trinajstić information content (AvgIpc) is 3.76. The Bertz CT molecular complexity index is 3010. The summed E-state index contributed by atoms with van der Waals surface area (Å²) in [6, 6.07) is 60.2. The van der Waals surface area contributed by atoms with Crippen molar-refractivity contribution in [1.29, 1.82) is 0 Å². The quantitative estimate of drug-likeness (QED) is 0.119. The lowest BCUT2D eigenvalue weighted by Crippen LogP contribution is -2.24. The fourth-order valence-corrected chi connectivity index (χ4v) is 10.5. The van der Waals surface area contributed by atoms with Crippen LogP contribution in [-0.2, 0) is 4.57 Å². The Morgan fingerprint density at radius 2 is 0.964 bits per heavy atom. The van der Waals surface area contributed by atoms with E-state index in [9.17, 15) is 0 Å². The van der Waals surface area contributed by atoms with Gasteiger partial charge in [0.2, 0.25) is 0 Å². The van der Waals surface area contributed by atoms with Crippen LogP contribution in [0.5, 0.6) is 0 Å². The molecule has 10 rings (SSSR count). The van der Waals surface area contributed by atoms with Crippen LogP contribution in [0.2, 0.25) is 0 Å². The van der Waals surface area contributed by atoms with Crippen molar-refractivity contribution in [3.63, 3.8) is 0 Å². The molecule has 55 heavy (non-hydrogen) atoms. The first-order chi connectivity index (χ1) is 27.1. The second kappa shape index (κ2) is 13.6. The number of benzene rings is 7. The van der Waals surface area contributed by atoms with Gasteiger partial charge in [-0.15, -0.1) is 0 Å². The van der Waals surface area contributed by atoms with Gasteiger partial charge in [0, 0.05) is 54.3 Å². The molecule has 10 aromatic rings. The molecule has 0 saturated carbocycles. The summed E-state index contributed by atoms with van der Waals surface area (Å²) in [5, 5.41) is 5.44. The van der Waals surface area contributed by atoms with Gasteiger partial charge in [0.1, 0.15) is 11.0 Å². The summed E-state index contributed by atoms with van der Waals surface area (Å²) < 4.78 is 24.3. The molecule has 6 nitrogen and oxygen atoms in total. The highest BCUT2D eigenvalue weighted by atomic mass is 32.1. The fourth-order valence-electron chi connectivity index (χ4n) is 7.34. The molecule has 0 aliphatic rings. The first-order valence-corrected chi connectivity index (χ1v) is 20.4. The summed E-state index contributed by atoms with van der Waals surface area (Å²) in [6.07, 6.45) is 0. The highest BCUT2D eigenvalue weighted by Crippen LogP contribution is 2.43. The molecule has 0 aliphatic heterocycles. The largest absolute Gasteiger partial charge is 0.309 e. The Morgan fingerprint density at radius 1 is 0.418 bits per heavy atom. The summed E-state index contributed by atoms with van der Waals surface area (Å²) in [6.45, 7) is 0. The van der Waals surface area contributed by atoms with Gasteiger partial charge in [0.15, 0.2) is 13.0 Å². The lowest BCUT2D eigenvalue weighted by Gasteiger charge is -2.20. The van der Waals surface area contributed by atoms with E-state index in [1.54, 1.807) is 0 Å². The summed E-state index contributed by atoms with van der Waals surface area (Å²) in [5.74, 6) is 0.614. The van der Waals surface area contributed by atoms with E-state index in [0.29, 0.717) is 5.82 Å². The smallest absolute Gasteiger partial charge is 0.171 e. The summed E-state index contributed by atoms with van der Waals surface area (Å²) in [5.41, 5.74) is 8.77. The highest BCUT2D eigenvalue weighted by Gasteiger charge is 2.29. The third kappa shape index (κ3) is 5.82. The standard InChI is InChI=1S/C47H30N5OPS/c53-54(35-17-9-3-10-18-35,36-19-11-4-12-20-36)37-24-21-31(22-25-37)41-30-42(50-47(49-41)33-15-7-2-8-16-33)34-23-26-38-43(29-34)48-45(32-13-5-1-6-14-32)39-27-28-40-46(44(38)39)52-55-51-40/h1-30H. The highest BCUT2D eigenvalue weighted by molar-refractivity contribution is 7.85. The molecule has 3 heterocycles. The lowest BCUT2D eigenvalue weighted by molar-refractivity contribution is 0.592. The van der Waals surface area contributed by atoms with E-state index >= 15 is 4.57 Å². The molecule has 0 atom stereocenters. The Morgan fingerprint density at radius 3 is 1.62 bits per heavy atom.